The van der Waals surface area contributed by atoms with Crippen LogP contribution < -0.4 is 11.1 Å². The van der Waals surface area contributed by atoms with Crippen LogP contribution in [0.25, 0.3) is 0 Å². The fourth-order valence-corrected chi connectivity index (χ4v) is 1.72. The van der Waals surface area contributed by atoms with Crippen molar-refractivity contribution in [3.63, 3.8) is 0 Å². The number of pyridine rings is 1. The van der Waals surface area contributed by atoms with E-state index in [0.717, 1.165) is 5.69 Å². The van der Waals surface area contributed by atoms with E-state index < -0.39 is 0 Å². The third-order valence-corrected chi connectivity index (χ3v) is 2.86. The first kappa shape index (κ1) is 15.4. The number of rotatable bonds is 6. The van der Waals surface area contributed by atoms with Crippen LogP contribution in [0.5, 0.6) is 0 Å². The lowest BCUT2D eigenvalue weighted by Gasteiger charge is -2.22. The second kappa shape index (κ2) is 7.09. The average molecular weight is 265 g/mol. The van der Waals surface area contributed by atoms with E-state index in [1.165, 1.54) is 0 Å². The number of nitrogens with one attached hydrogen (secondary N) is 1. The molecule has 5 heteroatoms. The molecule has 5 nitrogen and oxygen atoms in total. The molecule has 1 aromatic heterocycles. The highest BCUT2D eigenvalue weighted by atomic mass is 16.5. The van der Waals surface area contributed by atoms with Crippen molar-refractivity contribution >= 4 is 11.7 Å². The average Bonchev–Trinajstić information content (AvgIpc) is 2.32. The third kappa shape index (κ3) is 4.87. The minimum Gasteiger partial charge on any atom is -0.384 e. The molecule has 0 spiro atoms. The van der Waals surface area contributed by atoms with Gasteiger partial charge < -0.3 is 15.8 Å². The molecule has 0 bridgehead atoms. The summed E-state index contributed by atoms with van der Waals surface area (Å²) in [6.07, 6.45) is 0. The van der Waals surface area contributed by atoms with E-state index in [0.29, 0.717) is 30.5 Å². The number of aryl methyl sites for hydroxylation is 1. The van der Waals surface area contributed by atoms with E-state index in [2.05, 4.69) is 24.1 Å². The molecule has 1 unspecified atom stereocenters. The molecule has 1 aromatic rings. The number of carbonyl (C=O) groups is 1. The fourth-order valence-electron chi connectivity index (χ4n) is 1.72. The minimum absolute atomic E-state index is 0.0119. The molecule has 1 rings (SSSR count). The van der Waals surface area contributed by atoms with Crippen LogP contribution in [0.4, 0.5) is 5.82 Å². The van der Waals surface area contributed by atoms with Gasteiger partial charge in [0.2, 0.25) is 0 Å². The van der Waals surface area contributed by atoms with Crippen molar-refractivity contribution in [2.24, 2.45) is 5.92 Å². The maximum absolute atomic E-state index is 12.2. The third-order valence-electron chi connectivity index (χ3n) is 2.86. The molecule has 0 aromatic carbocycles. The number of nitrogens with zero attached hydrogens (tertiary/aromatic N) is 1. The second-order valence-corrected chi connectivity index (χ2v) is 4.91. The summed E-state index contributed by atoms with van der Waals surface area (Å²) in [4.78, 5) is 16.2. The van der Waals surface area contributed by atoms with Crippen LogP contribution >= 0.6 is 0 Å². The van der Waals surface area contributed by atoms with Crippen LogP contribution in [0.1, 0.15) is 36.8 Å². The Bertz CT molecular complexity index is 412. The molecule has 1 atom stereocenters. The van der Waals surface area contributed by atoms with Crippen LogP contribution in [0.2, 0.25) is 0 Å². The molecule has 0 aliphatic heterocycles. The molecule has 106 valence electrons. The Morgan fingerprint density at radius 3 is 2.68 bits per heavy atom. The van der Waals surface area contributed by atoms with Gasteiger partial charge in [0, 0.05) is 17.9 Å². The Morgan fingerprint density at radius 2 is 2.16 bits per heavy atom. The maximum atomic E-state index is 12.2. The van der Waals surface area contributed by atoms with E-state index in [1.807, 2.05) is 13.8 Å². The molecular formula is C14H23N3O2. The highest BCUT2D eigenvalue weighted by Gasteiger charge is 2.17. The van der Waals surface area contributed by atoms with Crippen LogP contribution in [0.15, 0.2) is 12.1 Å². The van der Waals surface area contributed by atoms with Crippen molar-refractivity contribution in [1.29, 1.82) is 0 Å². The zero-order valence-corrected chi connectivity index (χ0v) is 12.1. The van der Waals surface area contributed by atoms with Gasteiger partial charge in [-0.3, -0.25) is 4.79 Å². The number of anilines is 1. The van der Waals surface area contributed by atoms with Crippen molar-refractivity contribution in [3.8, 4) is 0 Å². The predicted octanol–water partition coefficient (Wildman–Crippen LogP) is 1.76. The lowest BCUT2D eigenvalue weighted by molar-refractivity contribution is 0.0806. The monoisotopic (exact) mass is 265 g/mol. The normalized spacial score (nSPS) is 12.5. The molecular weight excluding hydrogens is 242 g/mol. The summed E-state index contributed by atoms with van der Waals surface area (Å²) in [6.45, 7) is 9.01. The first-order chi connectivity index (χ1) is 8.93. The highest BCUT2D eigenvalue weighted by Crippen LogP contribution is 2.09. The Labute approximate surface area is 114 Å². The van der Waals surface area contributed by atoms with Crippen LogP contribution in [0, 0.1) is 12.8 Å². The molecule has 0 radical (unpaired) electrons. The molecule has 0 aliphatic carbocycles. The second-order valence-electron chi connectivity index (χ2n) is 4.91. The summed E-state index contributed by atoms with van der Waals surface area (Å²) in [5.41, 5.74) is 6.92. The lowest BCUT2D eigenvalue weighted by Crippen LogP contribution is -2.42. The molecule has 3 N–H and O–H groups in total. The van der Waals surface area contributed by atoms with Gasteiger partial charge in [-0.25, -0.2) is 4.98 Å². The van der Waals surface area contributed by atoms with Crippen LogP contribution in [0.3, 0.4) is 0 Å². The summed E-state index contributed by atoms with van der Waals surface area (Å²) in [5.74, 6) is 0.516. The minimum atomic E-state index is -0.143. The van der Waals surface area contributed by atoms with E-state index in [4.69, 9.17) is 10.5 Å². The van der Waals surface area contributed by atoms with Gasteiger partial charge in [0.1, 0.15) is 5.82 Å². The van der Waals surface area contributed by atoms with Gasteiger partial charge in [0.15, 0.2) is 0 Å². The van der Waals surface area contributed by atoms with Crippen molar-refractivity contribution in [2.75, 3.05) is 18.9 Å². The molecule has 0 saturated carbocycles. The molecule has 1 heterocycles. The zero-order chi connectivity index (χ0) is 14.4. The van der Waals surface area contributed by atoms with E-state index >= 15 is 0 Å². The smallest absolute Gasteiger partial charge is 0.251 e. The van der Waals surface area contributed by atoms with Crippen LogP contribution in [-0.2, 0) is 4.74 Å². The SMILES string of the molecule is CCOCC(NC(=O)c1cc(C)nc(N)c1)C(C)C. The maximum Gasteiger partial charge on any atom is 0.251 e. The number of nitrogens with two attached hydrogens (primary N) is 1. The molecule has 0 fully saturated rings. The molecule has 19 heavy (non-hydrogen) atoms. The largest absolute Gasteiger partial charge is 0.384 e. The van der Waals surface area contributed by atoms with Crippen molar-refractivity contribution < 1.29 is 9.53 Å². The van der Waals surface area contributed by atoms with E-state index in [-0.39, 0.29) is 11.9 Å². The fraction of sp³-hybridized carbons (Fsp3) is 0.571. The van der Waals surface area contributed by atoms with Gasteiger partial charge in [0.05, 0.1) is 12.6 Å². The Morgan fingerprint density at radius 1 is 1.47 bits per heavy atom. The van der Waals surface area contributed by atoms with Gasteiger partial charge in [-0.2, -0.15) is 0 Å². The van der Waals surface area contributed by atoms with Gasteiger partial charge in [-0.15, -0.1) is 0 Å². The van der Waals surface area contributed by atoms with E-state index in [9.17, 15) is 4.79 Å². The topological polar surface area (TPSA) is 77.2 Å². The highest BCUT2D eigenvalue weighted by molar-refractivity contribution is 5.95. The van der Waals surface area contributed by atoms with Gasteiger partial charge in [-0.05, 0) is 31.9 Å². The number of hydrogen-bond donors (Lipinski definition) is 2. The first-order valence-electron chi connectivity index (χ1n) is 6.56. The number of carbonyl (C=O) groups excluding carboxylic acids is 1. The molecule has 0 aliphatic rings. The summed E-state index contributed by atoms with van der Waals surface area (Å²) in [7, 11) is 0. The number of amides is 1. The predicted molar refractivity (Wildman–Crippen MR) is 76.0 cm³/mol. The number of hydrogen-bond acceptors (Lipinski definition) is 4. The van der Waals surface area contributed by atoms with Gasteiger partial charge >= 0.3 is 0 Å². The number of nitrogen functional groups attached to an aromatic ring is 1. The van der Waals surface area contributed by atoms with Gasteiger partial charge in [0.25, 0.3) is 5.91 Å². The number of ether oxygens (including phenoxy) is 1. The Hall–Kier alpha value is -1.62. The van der Waals surface area contributed by atoms with Gasteiger partial charge in [-0.1, -0.05) is 13.8 Å². The summed E-state index contributed by atoms with van der Waals surface area (Å²) in [6, 6.07) is 3.30. The molecule has 0 saturated heterocycles. The van der Waals surface area contributed by atoms with Crippen LogP contribution in [-0.4, -0.2) is 30.1 Å². The standard InChI is InChI=1S/C14H23N3O2/c1-5-19-8-12(9(2)3)17-14(18)11-6-10(4)16-13(15)7-11/h6-7,9,12H,5,8H2,1-4H3,(H2,15,16)(H,17,18). The lowest BCUT2D eigenvalue weighted by atomic mass is 10.0. The van der Waals surface area contributed by atoms with E-state index in [1.54, 1.807) is 12.1 Å². The first-order valence-corrected chi connectivity index (χ1v) is 6.56. The van der Waals surface area contributed by atoms with Crippen molar-refractivity contribution in [2.45, 2.75) is 33.7 Å². The summed E-state index contributed by atoms with van der Waals surface area (Å²) < 4.78 is 5.39. The summed E-state index contributed by atoms with van der Waals surface area (Å²) >= 11 is 0. The molecule has 1 amide bonds. The van der Waals surface area contributed by atoms with Crippen molar-refractivity contribution in [1.82, 2.24) is 10.3 Å². The summed E-state index contributed by atoms with van der Waals surface area (Å²) in [5, 5.41) is 2.97. The Kier molecular flexibility index (Phi) is 5.76. The quantitative estimate of drug-likeness (QED) is 0.821. The number of aromatic nitrogens is 1. The Balaban J connectivity index is 2.75. The zero-order valence-electron chi connectivity index (χ0n) is 12.1. The van der Waals surface area contributed by atoms with Crippen molar-refractivity contribution in [3.05, 3.63) is 23.4 Å².